The molecule has 1 saturated carbocycles. The first-order chi connectivity index (χ1) is 23.3. The zero-order valence-corrected chi connectivity index (χ0v) is 30.0. The van der Waals surface area contributed by atoms with Gasteiger partial charge in [-0.05, 0) is 72.7 Å². The van der Waals surface area contributed by atoms with E-state index in [1.165, 1.54) is 83.4 Å². The van der Waals surface area contributed by atoms with Gasteiger partial charge in [-0.15, -0.1) is 0 Å². The number of aryl methyl sites for hydroxylation is 1. The Morgan fingerprint density at radius 1 is 0.771 bits per heavy atom. The maximum absolute atomic E-state index is 5.18. The smallest absolute Gasteiger partial charge is 0.218 e. The van der Waals surface area contributed by atoms with E-state index in [2.05, 4.69) is 126 Å². The quantitative estimate of drug-likeness (QED) is 0.141. The second-order valence-electron chi connectivity index (χ2n) is 15.6. The van der Waals surface area contributed by atoms with Gasteiger partial charge in [0, 0.05) is 34.6 Å². The van der Waals surface area contributed by atoms with Crippen LogP contribution >= 0.6 is 0 Å². The molecule has 4 heteroatoms. The second kappa shape index (κ2) is 12.7. The summed E-state index contributed by atoms with van der Waals surface area (Å²) in [6.07, 6.45) is 18.0. The summed E-state index contributed by atoms with van der Waals surface area (Å²) in [5, 5.41) is 1.63. The fourth-order valence-electron chi connectivity index (χ4n) is 8.94. The van der Waals surface area contributed by atoms with E-state index in [4.69, 9.17) is 11.6 Å². The highest BCUT2D eigenvalue weighted by Gasteiger charge is 2.44. The van der Waals surface area contributed by atoms with E-state index in [-0.39, 0.29) is 6.04 Å². The van der Waals surface area contributed by atoms with Crippen LogP contribution < -0.4 is 14.3 Å². The summed E-state index contributed by atoms with van der Waals surface area (Å²) in [7, 11) is -1.64. The Morgan fingerprint density at radius 2 is 1.54 bits per heavy atom. The molecule has 0 radical (unpaired) electrons. The molecule has 1 aliphatic carbocycles. The molecular weight excluding hydrogens is 599 g/mol. The molecule has 2 aliphatic heterocycles. The molecular formula is C44H49N3Si+2. The van der Waals surface area contributed by atoms with Gasteiger partial charge >= 0.3 is 0 Å². The van der Waals surface area contributed by atoms with E-state index < -0.39 is 8.07 Å². The maximum atomic E-state index is 5.18. The number of hydrogen-bond donors (Lipinski definition) is 0. The summed E-state index contributed by atoms with van der Waals surface area (Å²) in [4.78, 5) is 5.18. The number of allylic oxidation sites excluding steroid dienone is 1. The van der Waals surface area contributed by atoms with Crippen molar-refractivity contribution in [1.29, 1.82) is 0 Å². The lowest BCUT2D eigenvalue weighted by Crippen LogP contribution is -2.55. The summed E-state index contributed by atoms with van der Waals surface area (Å²) in [6.45, 7) is 12.5. The molecule has 3 aliphatic rings. The van der Waals surface area contributed by atoms with E-state index in [9.17, 15) is 0 Å². The van der Waals surface area contributed by atoms with Gasteiger partial charge in [0.05, 0.1) is 31.7 Å². The van der Waals surface area contributed by atoms with Gasteiger partial charge in [-0.2, -0.15) is 9.13 Å². The van der Waals surface area contributed by atoms with E-state index in [0.717, 1.165) is 30.9 Å². The molecule has 0 N–H and O–H groups in total. The molecule has 5 heterocycles. The van der Waals surface area contributed by atoms with Gasteiger partial charge in [-0.25, -0.2) is 0 Å². The van der Waals surface area contributed by atoms with Crippen LogP contribution in [0.5, 0.6) is 0 Å². The number of pyridine rings is 3. The number of fused-ring (bicyclic) bond motifs is 9. The van der Waals surface area contributed by atoms with Crippen LogP contribution in [0.3, 0.4) is 0 Å². The summed E-state index contributed by atoms with van der Waals surface area (Å²) in [5.74, 6) is 1.10. The molecule has 2 aromatic carbocycles. The lowest BCUT2D eigenvalue weighted by molar-refractivity contribution is -0.719. The monoisotopic (exact) mass is 647 g/mol. The highest BCUT2D eigenvalue weighted by molar-refractivity contribution is 6.89. The zero-order valence-electron chi connectivity index (χ0n) is 29.0. The van der Waals surface area contributed by atoms with Crippen LogP contribution in [0.4, 0.5) is 0 Å². The molecule has 0 bridgehead atoms. The second-order valence-corrected chi connectivity index (χ2v) is 20.6. The van der Waals surface area contributed by atoms with Gasteiger partial charge in [0.15, 0.2) is 24.1 Å². The van der Waals surface area contributed by atoms with Crippen LogP contribution in [-0.2, 0) is 12.8 Å². The van der Waals surface area contributed by atoms with Crippen LogP contribution in [0, 0.1) is 5.92 Å². The Kier molecular flexibility index (Phi) is 8.24. The highest BCUT2D eigenvalue weighted by atomic mass is 28.3. The van der Waals surface area contributed by atoms with E-state index in [1.54, 1.807) is 10.8 Å². The van der Waals surface area contributed by atoms with Crippen molar-refractivity contribution >= 4 is 19.0 Å². The molecule has 2 unspecified atom stereocenters. The number of rotatable bonds is 4. The maximum Gasteiger partial charge on any atom is 0.218 e. The standard InChI is InChI=1S/C44H49N3Si/c1-31-26-41-39(23-21-34-18-11-12-19-37(34)40-24-22-35(29-46(31)40)33-16-9-6-10-17-33)44-38(20-13-25-45-44)42-28-36(27-32-14-7-5-8-15-32)43(30-47(41)42)48(2,3)4/h6,9-13,16-20,22,24-25,28-30,32,39,41H,1,5,7-8,14-15,21,23,26-27H2,2-4H3/q+2. The van der Waals surface area contributed by atoms with E-state index >= 15 is 0 Å². The fourth-order valence-corrected chi connectivity index (χ4v) is 10.6. The summed E-state index contributed by atoms with van der Waals surface area (Å²) in [6, 6.07) is 31.6. The topological polar surface area (TPSA) is 20.6 Å². The molecule has 0 amide bonds. The Balaban J connectivity index is 1.30. The third-order valence-electron chi connectivity index (χ3n) is 11.4. The third kappa shape index (κ3) is 5.79. The third-order valence-corrected chi connectivity index (χ3v) is 13.5. The average Bonchev–Trinajstić information content (AvgIpc) is 3.11. The first-order valence-corrected chi connectivity index (χ1v) is 21.8. The molecule has 48 heavy (non-hydrogen) atoms. The van der Waals surface area contributed by atoms with Crippen molar-refractivity contribution in [3.05, 3.63) is 127 Å². The molecule has 0 saturated heterocycles. The van der Waals surface area contributed by atoms with E-state index in [1.807, 2.05) is 6.20 Å². The lowest BCUT2D eigenvalue weighted by Gasteiger charge is -2.32. The van der Waals surface area contributed by atoms with Gasteiger partial charge in [0.1, 0.15) is 0 Å². The molecule has 3 aromatic heterocycles. The van der Waals surface area contributed by atoms with Gasteiger partial charge in [-0.1, -0.05) is 100 Å². The minimum atomic E-state index is -1.64. The van der Waals surface area contributed by atoms with Crippen molar-refractivity contribution in [2.24, 2.45) is 5.92 Å². The van der Waals surface area contributed by atoms with Crippen LogP contribution in [0.15, 0.2) is 110 Å². The summed E-state index contributed by atoms with van der Waals surface area (Å²) < 4.78 is 5.08. The predicted octanol–water partition coefficient (Wildman–Crippen LogP) is 9.47. The molecule has 1 fully saturated rings. The van der Waals surface area contributed by atoms with E-state index in [0.29, 0.717) is 5.92 Å². The number of benzene rings is 2. The Labute approximate surface area is 288 Å². The normalized spacial score (nSPS) is 19.4. The van der Waals surface area contributed by atoms with Gasteiger partial charge < -0.3 is 0 Å². The van der Waals surface area contributed by atoms with Gasteiger partial charge in [0.25, 0.3) is 0 Å². The SMILES string of the molecule is C=C1CC2C(CCc3ccccc3-c3ccc(-c4ccccc4)c[n+]31)c1ncccc1-c1cc(CC3CCCCC3)c([Si](C)(C)C)c[n+]12. The van der Waals surface area contributed by atoms with Crippen molar-refractivity contribution in [2.45, 2.75) is 89.4 Å². The lowest BCUT2D eigenvalue weighted by atomic mass is 9.79. The number of nitrogens with zero attached hydrogens (tertiary/aromatic N) is 3. The van der Waals surface area contributed by atoms with Gasteiger partial charge in [0.2, 0.25) is 11.4 Å². The first-order valence-electron chi connectivity index (χ1n) is 18.3. The molecule has 0 spiro atoms. The van der Waals surface area contributed by atoms with Crippen molar-refractivity contribution in [1.82, 2.24) is 4.98 Å². The predicted molar refractivity (Wildman–Crippen MR) is 201 cm³/mol. The van der Waals surface area contributed by atoms with Gasteiger partial charge in [-0.3, -0.25) is 4.98 Å². The molecule has 242 valence electrons. The van der Waals surface area contributed by atoms with Crippen LogP contribution in [0.25, 0.3) is 39.3 Å². The molecule has 8 rings (SSSR count). The molecule has 5 aromatic rings. The fraction of sp³-hybridized carbons (Fsp3) is 0.341. The largest absolute Gasteiger partial charge is 0.260 e. The Bertz CT molecular complexity index is 1980. The highest BCUT2D eigenvalue weighted by Crippen LogP contribution is 2.43. The average molecular weight is 648 g/mol. The summed E-state index contributed by atoms with van der Waals surface area (Å²) >= 11 is 0. The van der Waals surface area contributed by atoms with Crippen LogP contribution in [0.1, 0.15) is 73.7 Å². The molecule has 3 nitrogen and oxygen atoms in total. The number of hydrogen-bond acceptors (Lipinski definition) is 1. The van der Waals surface area contributed by atoms with Crippen molar-refractivity contribution in [2.75, 3.05) is 0 Å². The van der Waals surface area contributed by atoms with Crippen molar-refractivity contribution in [3.63, 3.8) is 0 Å². The Morgan fingerprint density at radius 3 is 2.35 bits per heavy atom. The van der Waals surface area contributed by atoms with Crippen molar-refractivity contribution in [3.8, 4) is 33.6 Å². The first kappa shape index (κ1) is 31.1. The van der Waals surface area contributed by atoms with Crippen LogP contribution in [0.2, 0.25) is 19.6 Å². The minimum absolute atomic E-state index is 0.236. The zero-order chi connectivity index (χ0) is 32.8. The summed E-state index contributed by atoms with van der Waals surface area (Å²) in [5.41, 5.74) is 13.0. The number of aromatic nitrogens is 3. The van der Waals surface area contributed by atoms with Crippen LogP contribution in [-0.4, -0.2) is 13.1 Å². The molecule has 2 atom stereocenters. The minimum Gasteiger partial charge on any atom is -0.260 e. The Hall–Kier alpha value is -4.15. The van der Waals surface area contributed by atoms with Crippen molar-refractivity contribution < 1.29 is 9.13 Å².